The smallest absolute Gasteiger partial charge is 0.304 e. The van der Waals surface area contributed by atoms with Gasteiger partial charge < -0.3 is 14.8 Å². The maximum atomic E-state index is 11.1. The monoisotopic (exact) mass is 428 g/mol. The van der Waals surface area contributed by atoms with Crippen LogP contribution in [-0.2, 0) is 10.2 Å². The molecule has 5 heteroatoms. The third-order valence-corrected chi connectivity index (χ3v) is 5.71. The van der Waals surface area contributed by atoms with Gasteiger partial charge in [0.2, 0.25) is 0 Å². The van der Waals surface area contributed by atoms with Crippen molar-refractivity contribution >= 4 is 17.1 Å². The number of oxazole rings is 1. The number of benzene rings is 3. The lowest BCUT2D eigenvalue weighted by Gasteiger charge is -2.23. The summed E-state index contributed by atoms with van der Waals surface area (Å²) in [5.41, 5.74) is 7.19. The van der Waals surface area contributed by atoms with E-state index in [4.69, 9.17) is 9.52 Å². The van der Waals surface area contributed by atoms with Crippen LogP contribution in [0.5, 0.6) is 0 Å². The molecule has 0 saturated carbocycles. The Morgan fingerprint density at radius 2 is 1.81 bits per heavy atom. The second-order valence-electron chi connectivity index (χ2n) is 9.02. The van der Waals surface area contributed by atoms with Gasteiger partial charge in [0.1, 0.15) is 5.52 Å². The number of nitrogens with zero attached hydrogens (tertiary/aromatic N) is 1. The molecule has 164 valence electrons. The van der Waals surface area contributed by atoms with Crippen molar-refractivity contribution in [3.8, 4) is 11.1 Å². The highest BCUT2D eigenvalue weighted by Crippen LogP contribution is 2.34. The number of aromatic nitrogens is 1. The van der Waals surface area contributed by atoms with Gasteiger partial charge in [-0.1, -0.05) is 75.4 Å². The number of nitrogens with one attached hydrogen (secondary N) is 1. The van der Waals surface area contributed by atoms with Gasteiger partial charge in [-0.2, -0.15) is 0 Å². The molecular formula is C27H28N2O3. The van der Waals surface area contributed by atoms with Gasteiger partial charge in [-0.05, 0) is 45.4 Å². The van der Waals surface area contributed by atoms with Crippen molar-refractivity contribution in [1.82, 2.24) is 10.3 Å². The lowest BCUT2D eigenvalue weighted by Crippen LogP contribution is -2.25. The second-order valence-corrected chi connectivity index (χ2v) is 9.02. The molecule has 5 nitrogen and oxygen atoms in total. The quantitative estimate of drug-likeness (QED) is 0.381. The van der Waals surface area contributed by atoms with E-state index in [1.165, 1.54) is 12.0 Å². The Hall–Kier alpha value is -3.44. The Bertz CT molecular complexity index is 1220. The molecule has 1 unspecified atom stereocenters. The van der Waals surface area contributed by atoms with Gasteiger partial charge in [0.25, 0.3) is 0 Å². The van der Waals surface area contributed by atoms with E-state index in [1.54, 1.807) is 0 Å². The van der Waals surface area contributed by atoms with E-state index in [-0.39, 0.29) is 17.9 Å². The van der Waals surface area contributed by atoms with E-state index >= 15 is 0 Å². The van der Waals surface area contributed by atoms with E-state index in [2.05, 4.69) is 67.5 Å². The van der Waals surface area contributed by atoms with Crippen LogP contribution >= 0.6 is 0 Å². The van der Waals surface area contributed by atoms with Crippen molar-refractivity contribution in [2.45, 2.75) is 38.6 Å². The number of hydrogen-bond acceptors (Lipinski definition) is 4. The first-order chi connectivity index (χ1) is 15.3. The topological polar surface area (TPSA) is 75.4 Å². The Labute approximate surface area is 188 Å². The normalized spacial score (nSPS) is 12.7. The summed E-state index contributed by atoms with van der Waals surface area (Å²) in [6.07, 6.45) is 1.48. The van der Waals surface area contributed by atoms with Crippen LogP contribution in [0.25, 0.3) is 22.2 Å². The van der Waals surface area contributed by atoms with Crippen molar-refractivity contribution < 1.29 is 14.3 Å². The molecule has 0 radical (unpaired) electrons. The summed E-state index contributed by atoms with van der Waals surface area (Å²) in [6.45, 7) is 6.97. The van der Waals surface area contributed by atoms with Crippen LogP contribution in [0.15, 0.2) is 77.5 Å². The van der Waals surface area contributed by atoms with Crippen LogP contribution < -0.4 is 5.32 Å². The Morgan fingerprint density at radius 3 is 2.53 bits per heavy atom. The van der Waals surface area contributed by atoms with Gasteiger partial charge >= 0.3 is 5.97 Å². The van der Waals surface area contributed by atoms with Gasteiger partial charge in [0.15, 0.2) is 12.0 Å². The van der Waals surface area contributed by atoms with Gasteiger partial charge in [0, 0.05) is 6.54 Å². The van der Waals surface area contributed by atoms with E-state index < -0.39 is 5.97 Å². The number of carboxylic acid groups (broad SMARTS) is 1. The average molecular weight is 429 g/mol. The lowest BCUT2D eigenvalue weighted by molar-refractivity contribution is -0.136. The first-order valence-corrected chi connectivity index (χ1v) is 10.8. The van der Waals surface area contributed by atoms with Crippen molar-refractivity contribution in [1.29, 1.82) is 0 Å². The summed E-state index contributed by atoms with van der Waals surface area (Å²) < 4.78 is 5.51. The van der Waals surface area contributed by atoms with E-state index in [1.807, 2.05) is 30.3 Å². The van der Waals surface area contributed by atoms with Crippen LogP contribution in [0.4, 0.5) is 0 Å². The molecule has 1 aromatic heterocycles. The molecule has 0 spiro atoms. The van der Waals surface area contributed by atoms with Gasteiger partial charge in [-0.3, -0.25) is 4.79 Å². The average Bonchev–Trinajstić information content (AvgIpc) is 3.24. The maximum Gasteiger partial charge on any atom is 0.304 e. The Balaban J connectivity index is 1.76. The van der Waals surface area contributed by atoms with Gasteiger partial charge in [-0.25, -0.2) is 4.98 Å². The molecule has 0 aliphatic heterocycles. The summed E-state index contributed by atoms with van der Waals surface area (Å²) in [5.74, 6) is -0.826. The zero-order valence-corrected chi connectivity index (χ0v) is 18.6. The highest BCUT2D eigenvalue weighted by atomic mass is 16.4. The van der Waals surface area contributed by atoms with Crippen molar-refractivity contribution in [3.05, 3.63) is 89.8 Å². The van der Waals surface area contributed by atoms with E-state index in [0.29, 0.717) is 12.1 Å². The fourth-order valence-corrected chi connectivity index (χ4v) is 3.94. The number of carbonyl (C=O) groups is 1. The second kappa shape index (κ2) is 8.97. The van der Waals surface area contributed by atoms with Gasteiger partial charge in [0.05, 0.1) is 12.5 Å². The van der Waals surface area contributed by atoms with E-state index in [0.717, 1.165) is 27.8 Å². The summed E-state index contributed by atoms with van der Waals surface area (Å²) in [5, 5.41) is 12.6. The predicted octanol–water partition coefficient (Wildman–Crippen LogP) is 5.95. The van der Waals surface area contributed by atoms with Crippen molar-refractivity contribution in [2.75, 3.05) is 6.54 Å². The first kappa shape index (κ1) is 21.8. The Kier molecular flexibility index (Phi) is 6.10. The van der Waals surface area contributed by atoms with Crippen LogP contribution in [0.2, 0.25) is 0 Å². The molecule has 0 aliphatic rings. The highest BCUT2D eigenvalue weighted by Gasteiger charge is 2.20. The predicted molar refractivity (Wildman–Crippen MR) is 127 cm³/mol. The minimum atomic E-state index is -0.826. The summed E-state index contributed by atoms with van der Waals surface area (Å²) in [4.78, 5) is 15.3. The standard InChI is InChI=1S/C27H28N2O3/c1-27(2,3)20-11-8-18(9-12-20)21-6-4-5-7-22(21)26(28-15-14-25(30)31)19-10-13-23-24(16-19)32-17-29-23/h4-13,16-17,26,28H,14-15H2,1-3H3,(H,30,31). The molecular weight excluding hydrogens is 400 g/mol. The SMILES string of the molecule is CC(C)(C)c1ccc(-c2ccccc2C(NCCC(=O)O)c2ccc3ncoc3c2)cc1. The first-order valence-electron chi connectivity index (χ1n) is 10.8. The molecule has 3 aromatic carbocycles. The number of carboxylic acids is 1. The minimum Gasteiger partial charge on any atom is -0.481 e. The maximum absolute atomic E-state index is 11.1. The molecule has 2 N–H and O–H groups in total. The highest BCUT2D eigenvalue weighted by molar-refractivity contribution is 5.74. The summed E-state index contributed by atoms with van der Waals surface area (Å²) in [6, 6.07) is 22.7. The molecule has 0 saturated heterocycles. The number of rotatable bonds is 7. The molecule has 0 aliphatic carbocycles. The molecule has 1 atom stereocenters. The zero-order chi connectivity index (χ0) is 22.7. The summed E-state index contributed by atoms with van der Waals surface area (Å²) >= 11 is 0. The molecule has 4 rings (SSSR count). The van der Waals surface area contributed by atoms with Crippen molar-refractivity contribution in [3.63, 3.8) is 0 Å². The fourth-order valence-electron chi connectivity index (χ4n) is 3.94. The van der Waals surface area contributed by atoms with Crippen LogP contribution in [0, 0.1) is 0 Å². The third-order valence-electron chi connectivity index (χ3n) is 5.71. The molecule has 4 aromatic rings. The third kappa shape index (κ3) is 4.73. The molecule has 0 bridgehead atoms. The fraction of sp³-hybridized carbons (Fsp3) is 0.259. The number of aliphatic carboxylic acids is 1. The molecule has 0 fully saturated rings. The largest absolute Gasteiger partial charge is 0.481 e. The van der Waals surface area contributed by atoms with E-state index in [9.17, 15) is 4.79 Å². The van der Waals surface area contributed by atoms with Crippen LogP contribution in [-0.4, -0.2) is 22.6 Å². The molecule has 32 heavy (non-hydrogen) atoms. The lowest BCUT2D eigenvalue weighted by atomic mass is 9.85. The summed E-state index contributed by atoms with van der Waals surface area (Å²) in [7, 11) is 0. The Morgan fingerprint density at radius 1 is 1.06 bits per heavy atom. The van der Waals surface area contributed by atoms with Crippen molar-refractivity contribution in [2.24, 2.45) is 0 Å². The molecule has 0 amide bonds. The van der Waals surface area contributed by atoms with Crippen LogP contribution in [0.1, 0.15) is 49.9 Å². The number of hydrogen-bond donors (Lipinski definition) is 2. The van der Waals surface area contributed by atoms with Gasteiger partial charge in [-0.15, -0.1) is 0 Å². The zero-order valence-electron chi connectivity index (χ0n) is 18.6. The number of fused-ring (bicyclic) bond motifs is 1. The van der Waals surface area contributed by atoms with Crippen LogP contribution in [0.3, 0.4) is 0 Å². The molecule has 1 heterocycles. The minimum absolute atomic E-state index is 0.0451.